The Balaban J connectivity index is 2.50. The van der Waals surface area contributed by atoms with Crippen molar-refractivity contribution in [2.45, 2.75) is 70.1 Å². The average Bonchev–Trinajstić information content (AvgIpc) is 2.10. The van der Waals surface area contributed by atoms with Gasteiger partial charge in [-0.1, -0.05) is 0 Å². The number of ether oxygens (including phenoxy) is 1. The van der Waals surface area contributed by atoms with Gasteiger partial charge in [0.15, 0.2) is 0 Å². The van der Waals surface area contributed by atoms with Crippen LogP contribution in [0.15, 0.2) is 0 Å². The fourth-order valence-corrected chi connectivity index (χ4v) is 1.86. The van der Waals surface area contributed by atoms with Gasteiger partial charge in [0.2, 0.25) is 0 Å². The lowest BCUT2D eigenvalue weighted by molar-refractivity contribution is -0.0638. The second-order valence-corrected chi connectivity index (χ2v) is 5.87. The lowest BCUT2D eigenvalue weighted by Gasteiger charge is -2.39. The van der Waals surface area contributed by atoms with Gasteiger partial charge >= 0.3 is 6.09 Å². The van der Waals surface area contributed by atoms with Crippen LogP contribution in [-0.4, -0.2) is 34.9 Å². The fourth-order valence-electron chi connectivity index (χ4n) is 1.86. The Hall–Kier alpha value is -0.910. The number of amides is 1. The zero-order valence-corrected chi connectivity index (χ0v) is 11.0. The van der Waals surface area contributed by atoms with Gasteiger partial charge in [0.25, 0.3) is 6.43 Å². The van der Waals surface area contributed by atoms with Gasteiger partial charge in [-0.25, -0.2) is 13.6 Å². The van der Waals surface area contributed by atoms with E-state index < -0.39 is 29.8 Å². The van der Waals surface area contributed by atoms with E-state index in [0.29, 0.717) is 12.8 Å². The van der Waals surface area contributed by atoms with Gasteiger partial charge in [-0.2, -0.15) is 0 Å². The van der Waals surface area contributed by atoms with Crippen LogP contribution in [0.25, 0.3) is 0 Å². The first-order valence-corrected chi connectivity index (χ1v) is 6.11. The molecule has 1 fully saturated rings. The summed E-state index contributed by atoms with van der Waals surface area (Å²) >= 11 is 0. The SMILES string of the molecule is CC(C)(C)OC(=O)NC(CC1(O)CCC1)C(F)F. The molecule has 1 aliphatic rings. The topological polar surface area (TPSA) is 58.6 Å². The van der Waals surface area contributed by atoms with Crippen LogP contribution in [0.5, 0.6) is 0 Å². The van der Waals surface area contributed by atoms with E-state index in [1.54, 1.807) is 20.8 Å². The molecule has 0 aromatic carbocycles. The van der Waals surface area contributed by atoms with Gasteiger partial charge in [-0.15, -0.1) is 0 Å². The highest BCUT2D eigenvalue weighted by atomic mass is 19.3. The molecule has 0 saturated heterocycles. The Morgan fingerprint density at radius 3 is 2.33 bits per heavy atom. The summed E-state index contributed by atoms with van der Waals surface area (Å²) in [7, 11) is 0. The predicted molar refractivity (Wildman–Crippen MR) is 62.6 cm³/mol. The smallest absolute Gasteiger partial charge is 0.408 e. The maximum Gasteiger partial charge on any atom is 0.408 e. The lowest BCUT2D eigenvalue weighted by Crippen LogP contribution is -2.49. The Labute approximate surface area is 106 Å². The molecule has 1 saturated carbocycles. The van der Waals surface area contributed by atoms with E-state index >= 15 is 0 Å². The molecule has 0 spiro atoms. The molecule has 1 atom stereocenters. The zero-order valence-electron chi connectivity index (χ0n) is 11.0. The van der Waals surface area contributed by atoms with E-state index in [9.17, 15) is 18.7 Å². The molecule has 0 heterocycles. The maximum atomic E-state index is 12.8. The van der Waals surface area contributed by atoms with Gasteiger partial charge in [0.1, 0.15) is 5.60 Å². The highest BCUT2D eigenvalue weighted by molar-refractivity contribution is 5.68. The van der Waals surface area contributed by atoms with E-state index in [2.05, 4.69) is 5.32 Å². The van der Waals surface area contributed by atoms with Crippen molar-refractivity contribution in [3.05, 3.63) is 0 Å². The van der Waals surface area contributed by atoms with E-state index in [1.807, 2.05) is 0 Å². The van der Waals surface area contributed by atoms with E-state index in [0.717, 1.165) is 6.42 Å². The number of aliphatic hydroxyl groups is 1. The second kappa shape index (κ2) is 5.38. The third kappa shape index (κ3) is 4.76. The molecule has 0 radical (unpaired) electrons. The predicted octanol–water partition coefficient (Wildman–Crippen LogP) is 2.45. The molecule has 0 bridgehead atoms. The average molecular weight is 265 g/mol. The summed E-state index contributed by atoms with van der Waals surface area (Å²) in [5.74, 6) is 0. The molecule has 1 unspecified atom stereocenters. The molecule has 1 aliphatic carbocycles. The number of alkyl halides is 2. The van der Waals surface area contributed by atoms with Gasteiger partial charge in [0, 0.05) is 6.42 Å². The number of carbonyl (C=O) groups excluding carboxylic acids is 1. The van der Waals surface area contributed by atoms with Crippen LogP contribution in [-0.2, 0) is 4.74 Å². The van der Waals surface area contributed by atoms with Crippen LogP contribution in [0.2, 0.25) is 0 Å². The van der Waals surface area contributed by atoms with Crippen molar-refractivity contribution in [2.24, 2.45) is 0 Å². The Kier molecular flexibility index (Phi) is 4.53. The molecule has 0 aromatic rings. The second-order valence-electron chi connectivity index (χ2n) is 5.87. The van der Waals surface area contributed by atoms with Gasteiger partial charge in [-0.3, -0.25) is 0 Å². The molecule has 4 nitrogen and oxygen atoms in total. The van der Waals surface area contributed by atoms with Crippen LogP contribution < -0.4 is 5.32 Å². The van der Waals surface area contributed by atoms with E-state index in [-0.39, 0.29) is 6.42 Å². The van der Waals surface area contributed by atoms with Gasteiger partial charge in [-0.05, 0) is 40.0 Å². The number of rotatable bonds is 4. The van der Waals surface area contributed by atoms with E-state index in [1.165, 1.54) is 0 Å². The molecule has 1 rings (SSSR count). The molecular formula is C12H21F2NO3. The summed E-state index contributed by atoms with van der Waals surface area (Å²) in [6.45, 7) is 4.97. The number of alkyl carbamates (subject to hydrolysis) is 1. The monoisotopic (exact) mass is 265 g/mol. The number of hydrogen-bond donors (Lipinski definition) is 2. The summed E-state index contributed by atoms with van der Waals surface area (Å²) in [6, 6.07) is -1.37. The van der Waals surface area contributed by atoms with E-state index in [4.69, 9.17) is 4.74 Å². The highest BCUT2D eigenvalue weighted by Gasteiger charge is 2.40. The summed E-state index contributed by atoms with van der Waals surface area (Å²) in [6.07, 6.45) is -1.89. The minimum absolute atomic E-state index is 0.135. The zero-order chi connectivity index (χ0) is 14.0. The molecular weight excluding hydrogens is 244 g/mol. The minimum atomic E-state index is -2.72. The van der Waals surface area contributed by atoms with Crippen molar-refractivity contribution in [3.63, 3.8) is 0 Å². The third-order valence-corrected chi connectivity index (χ3v) is 2.89. The largest absolute Gasteiger partial charge is 0.444 e. The van der Waals surface area contributed by atoms with Crippen LogP contribution in [0.4, 0.5) is 13.6 Å². The first-order valence-electron chi connectivity index (χ1n) is 6.11. The lowest BCUT2D eigenvalue weighted by atomic mass is 9.76. The minimum Gasteiger partial charge on any atom is -0.444 e. The van der Waals surface area contributed by atoms with Crippen molar-refractivity contribution in [3.8, 4) is 0 Å². The summed E-state index contributed by atoms with van der Waals surface area (Å²) in [4.78, 5) is 11.4. The summed E-state index contributed by atoms with van der Waals surface area (Å²) < 4.78 is 30.5. The Morgan fingerprint density at radius 2 is 2.00 bits per heavy atom. The molecule has 0 aliphatic heterocycles. The molecule has 2 N–H and O–H groups in total. The standard InChI is InChI=1S/C12H21F2NO3/c1-11(2,3)18-10(16)15-8(9(13)14)7-12(17)5-4-6-12/h8-9,17H,4-7H2,1-3H3,(H,15,16). The molecule has 18 heavy (non-hydrogen) atoms. The maximum absolute atomic E-state index is 12.8. The van der Waals surface area contributed by atoms with Crippen LogP contribution >= 0.6 is 0 Å². The van der Waals surface area contributed by atoms with Gasteiger partial charge in [0.05, 0.1) is 11.6 Å². The van der Waals surface area contributed by atoms with Crippen molar-refractivity contribution in [1.82, 2.24) is 5.32 Å². The highest BCUT2D eigenvalue weighted by Crippen LogP contribution is 2.36. The third-order valence-electron chi connectivity index (χ3n) is 2.89. The van der Waals surface area contributed by atoms with Gasteiger partial charge < -0.3 is 15.2 Å². The Morgan fingerprint density at radius 1 is 1.44 bits per heavy atom. The molecule has 1 amide bonds. The Bertz CT molecular complexity index is 298. The van der Waals surface area contributed by atoms with Crippen LogP contribution in [0.3, 0.4) is 0 Å². The quantitative estimate of drug-likeness (QED) is 0.821. The normalized spacial score (nSPS) is 20.2. The number of hydrogen-bond acceptors (Lipinski definition) is 3. The number of halogens is 2. The fraction of sp³-hybridized carbons (Fsp3) is 0.917. The first-order chi connectivity index (χ1) is 8.11. The molecule has 106 valence electrons. The first kappa shape index (κ1) is 15.1. The van der Waals surface area contributed by atoms with Crippen LogP contribution in [0.1, 0.15) is 46.5 Å². The number of nitrogens with one attached hydrogen (secondary N) is 1. The van der Waals surface area contributed by atoms with Crippen LogP contribution in [0, 0.1) is 0 Å². The molecule has 6 heteroatoms. The molecule has 0 aromatic heterocycles. The van der Waals surface area contributed by atoms with Crippen molar-refractivity contribution in [1.29, 1.82) is 0 Å². The van der Waals surface area contributed by atoms with Crippen molar-refractivity contribution >= 4 is 6.09 Å². The van der Waals surface area contributed by atoms with Crippen molar-refractivity contribution < 1.29 is 23.4 Å². The number of carbonyl (C=O) groups is 1. The summed E-state index contributed by atoms with van der Waals surface area (Å²) in [5.41, 5.74) is -1.79. The van der Waals surface area contributed by atoms with Crippen molar-refractivity contribution in [2.75, 3.05) is 0 Å². The summed E-state index contributed by atoms with van der Waals surface area (Å²) in [5, 5.41) is 12.0.